The minimum atomic E-state index is -2.60. The van der Waals surface area contributed by atoms with Gasteiger partial charge in [0.2, 0.25) is 0 Å². The molecule has 2 aromatic rings. The molecule has 4 aliphatic rings. The van der Waals surface area contributed by atoms with Gasteiger partial charge in [-0.3, -0.25) is 0 Å². The molecule has 0 bridgehead atoms. The molecule has 0 aliphatic heterocycles. The van der Waals surface area contributed by atoms with Gasteiger partial charge in [0.15, 0.2) is 0 Å². The summed E-state index contributed by atoms with van der Waals surface area (Å²) in [4.78, 5) is 4.64. The van der Waals surface area contributed by atoms with Crippen LogP contribution in [0, 0.1) is 28.6 Å². The topological polar surface area (TPSA) is 17.8 Å². The standard InChI is InChI=1S/C26H30F2N2/c1-24-13-14-26(27,28)15-17(24)7-8-18-19-9-10-23(25(19,2)12-11-20(18)24)30-16-29-21-5-3-4-6-22(21)30/h3-6,10,15-16,18-20H,7-9,11-14H2,1-2H3/t18-,19-,20-,24-,25-/m0/s1. The normalized spacial score (nSPS) is 39.7. The van der Waals surface area contributed by atoms with Gasteiger partial charge < -0.3 is 4.57 Å². The van der Waals surface area contributed by atoms with Crippen molar-refractivity contribution in [2.24, 2.45) is 28.6 Å². The van der Waals surface area contributed by atoms with Crippen molar-refractivity contribution in [1.82, 2.24) is 9.55 Å². The predicted molar refractivity (Wildman–Crippen MR) is 116 cm³/mol. The molecule has 1 heterocycles. The van der Waals surface area contributed by atoms with Crippen LogP contribution in [0.3, 0.4) is 0 Å². The van der Waals surface area contributed by atoms with E-state index in [1.807, 2.05) is 12.4 Å². The molecule has 2 saturated carbocycles. The third kappa shape index (κ3) is 2.42. The van der Waals surface area contributed by atoms with Gasteiger partial charge in [-0.05, 0) is 79.9 Å². The first-order chi connectivity index (χ1) is 14.3. The third-order valence-electron chi connectivity index (χ3n) is 9.35. The van der Waals surface area contributed by atoms with Crippen LogP contribution in [0.4, 0.5) is 8.78 Å². The summed E-state index contributed by atoms with van der Waals surface area (Å²) in [5, 5.41) is 0. The van der Waals surface area contributed by atoms with E-state index in [1.54, 1.807) is 0 Å². The summed E-state index contributed by atoms with van der Waals surface area (Å²) < 4.78 is 30.5. The van der Waals surface area contributed by atoms with E-state index in [4.69, 9.17) is 0 Å². The summed E-state index contributed by atoms with van der Waals surface area (Å²) in [6.45, 7) is 4.74. The Bertz CT molecular complexity index is 1080. The summed E-state index contributed by atoms with van der Waals surface area (Å²) in [6, 6.07) is 8.36. The van der Waals surface area contributed by atoms with Crippen molar-refractivity contribution in [3.63, 3.8) is 0 Å². The number of para-hydroxylation sites is 2. The molecule has 0 unspecified atom stereocenters. The molecule has 0 N–H and O–H groups in total. The van der Waals surface area contributed by atoms with Crippen molar-refractivity contribution in [2.75, 3.05) is 0 Å². The molecule has 0 radical (unpaired) electrons. The number of imidazole rings is 1. The van der Waals surface area contributed by atoms with Crippen LogP contribution in [-0.2, 0) is 0 Å². The number of benzene rings is 1. The zero-order valence-corrected chi connectivity index (χ0v) is 17.9. The monoisotopic (exact) mass is 408 g/mol. The van der Waals surface area contributed by atoms with E-state index in [1.165, 1.54) is 17.3 Å². The number of fused-ring (bicyclic) bond motifs is 6. The molecular formula is C26H30F2N2. The van der Waals surface area contributed by atoms with Gasteiger partial charge in [0.1, 0.15) is 6.33 Å². The molecule has 6 rings (SSSR count). The first-order valence-corrected chi connectivity index (χ1v) is 11.5. The van der Waals surface area contributed by atoms with Crippen LogP contribution in [0.25, 0.3) is 16.7 Å². The molecule has 1 aromatic heterocycles. The molecule has 30 heavy (non-hydrogen) atoms. The number of hydrogen-bond donors (Lipinski definition) is 0. The number of rotatable bonds is 1. The van der Waals surface area contributed by atoms with E-state index in [0.29, 0.717) is 24.2 Å². The molecule has 0 spiro atoms. The molecule has 4 heteroatoms. The highest BCUT2D eigenvalue weighted by atomic mass is 19.3. The van der Waals surface area contributed by atoms with Crippen molar-refractivity contribution in [2.45, 2.75) is 64.7 Å². The van der Waals surface area contributed by atoms with Gasteiger partial charge in [-0.15, -0.1) is 0 Å². The summed E-state index contributed by atoms with van der Waals surface area (Å²) in [5.74, 6) is -0.830. The third-order valence-corrected chi connectivity index (χ3v) is 9.35. The van der Waals surface area contributed by atoms with E-state index in [9.17, 15) is 8.78 Å². The number of allylic oxidation sites excluding steroid dienone is 4. The van der Waals surface area contributed by atoms with Crippen LogP contribution < -0.4 is 0 Å². The molecule has 0 saturated heterocycles. The van der Waals surface area contributed by atoms with Gasteiger partial charge in [-0.25, -0.2) is 13.8 Å². The fourth-order valence-electron chi connectivity index (χ4n) is 7.73. The Labute approximate surface area is 177 Å². The van der Waals surface area contributed by atoms with Gasteiger partial charge in [0.05, 0.1) is 11.0 Å². The minimum absolute atomic E-state index is 0.0165. The van der Waals surface area contributed by atoms with E-state index < -0.39 is 5.92 Å². The zero-order valence-electron chi connectivity index (χ0n) is 17.9. The first-order valence-electron chi connectivity index (χ1n) is 11.5. The average molecular weight is 409 g/mol. The van der Waals surface area contributed by atoms with Crippen LogP contribution in [0.1, 0.15) is 58.8 Å². The SMILES string of the molecule is C[C@]12CCC(F)(F)C=C1CC[C@@H]1[C@@H]2CC[C@]2(C)C(n3cnc4ccccc43)=CC[C@@H]12. The van der Waals surface area contributed by atoms with Crippen molar-refractivity contribution in [3.8, 4) is 0 Å². The highest BCUT2D eigenvalue weighted by Crippen LogP contribution is 2.66. The smallest absolute Gasteiger partial charge is 0.266 e. The number of nitrogens with zero attached hydrogens (tertiary/aromatic N) is 2. The minimum Gasteiger partial charge on any atom is -0.302 e. The van der Waals surface area contributed by atoms with Gasteiger partial charge in [0.25, 0.3) is 5.92 Å². The number of hydrogen-bond acceptors (Lipinski definition) is 1. The van der Waals surface area contributed by atoms with Crippen LogP contribution in [0.2, 0.25) is 0 Å². The largest absolute Gasteiger partial charge is 0.302 e. The molecular weight excluding hydrogens is 378 g/mol. The highest BCUT2D eigenvalue weighted by molar-refractivity contribution is 5.80. The van der Waals surface area contributed by atoms with E-state index >= 15 is 0 Å². The lowest BCUT2D eigenvalue weighted by atomic mass is 9.47. The second-order valence-corrected chi connectivity index (χ2v) is 10.6. The van der Waals surface area contributed by atoms with Gasteiger partial charge in [-0.1, -0.05) is 37.6 Å². The van der Waals surface area contributed by atoms with Crippen LogP contribution in [0.5, 0.6) is 0 Å². The van der Waals surface area contributed by atoms with Crippen molar-refractivity contribution in [1.29, 1.82) is 0 Å². The van der Waals surface area contributed by atoms with E-state index in [0.717, 1.165) is 43.2 Å². The summed E-state index contributed by atoms with van der Waals surface area (Å²) >= 11 is 0. The molecule has 158 valence electrons. The number of aromatic nitrogens is 2. The molecule has 2 nitrogen and oxygen atoms in total. The number of alkyl halides is 2. The molecule has 4 aliphatic carbocycles. The van der Waals surface area contributed by atoms with Crippen LogP contribution in [0.15, 0.2) is 48.3 Å². The fourth-order valence-corrected chi connectivity index (χ4v) is 7.73. The predicted octanol–water partition coefficient (Wildman–Crippen LogP) is 7.09. The molecule has 2 fully saturated rings. The van der Waals surface area contributed by atoms with Crippen LogP contribution >= 0.6 is 0 Å². The van der Waals surface area contributed by atoms with Gasteiger partial charge in [0, 0.05) is 17.5 Å². The second-order valence-electron chi connectivity index (χ2n) is 10.6. The molecule has 1 aromatic carbocycles. The second kappa shape index (κ2) is 6.05. The Morgan fingerprint density at radius 3 is 2.70 bits per heavy atom. The highest BCUT2D eigenvalue weighted by Gasteiger charge is 2.58. The van der Waals surface area contributed by atoms with Crippen molar-refractivity contribution < 1.29 is 8.78 Å². The number of halogens is 2. The Morgan fingerprint density at radius 1 is 1.00 bits per heavy atom. The maximum absolute atomic E-state index is 14.1. The Hall–Kier alpha value is -1.97. The van der Waals surface area contributed by atoms with E-state index in [2.05, 4.69) is 47.7 Å². The lowest BCUT2D eigenvalue weighted by molar-refractivity contribution is -0.0506. The average Bonchev–Trinajstić information content (AvgIpc) is 3.29. The fraction of sp³-hybridized carbons (Fsp3) is 0.577. The van der Waals surface area contributed by atoms with Crippen molar-refractivity contribution >= 4 is 16.7 Å². The van der Waals surface area contributed by atoms with E-state index in [-0.39, 0.29) is 17.3 Å². The lowest BCUT2D eigenvalue weighted by Crippen LogP contribution is -2.50. The lowest BCUT2D eigenvalue weighted by Gasteiger charge is -2.58. The Balaban J connectivity index is 1.35. The summed E-state index contributed by atoms with van der Waals surface area (Å²) in [7, 11) is 0. The van der Waals surface area contributed by atoms with Crippen LogP contribution in [-0.4, -0.2) is 15.5 Å². The zero-order chi connectivity index (χ0) is 20.7. The van der Waals surface area contributed by atoms with Gasteiger partial charge >= 0.3 is 0 Å². The Kier molecular flexibility index (Phi) is 3.78. The summed E-state index contributed by atoms with van der Waals surface area (Å²) in [5.41, 5.74) is 4.79. The quantitative estimate of drug-likeness (QED) is 0.461. The first kappa shape index (κ1) is 18.8. The maximum atomic E-state index is 14.1. The maximum Gasteiger partial charge on any atom is 0.266 e. The summed E-state index contributed by atoms with van der Waals surface area (Å²) in [6.07, 6.45) is 11.7. The Morgan fingerprint density at radius 2 is 1.83 bits per heavy atom. The molecule has 5 atom stereocenters. The molecule has 0 amide bonds. The van der Waals surface area contributed by atoms with Gasteiger partial charge in [-0.2, -0.15) is 0 Å². The van der Waals surface area contributed by atoms with Crippen molar-refractivity contribution in [3.05, 3.63) is 48.3 Å².